The van der Waals surface area contributed by atoms with Crippen LogP contribution in [0.5, 0.6) is 0 Å². The molecule has 0 radical (unpaired) electrons. The van der Waals surface area contributed by atoms with Crippen LogP contribution in [0.4, 0.5) is 0 Å². The molecule has 0 amide bonds. The molecule has 0 aliphatic carbocycles. The number of hydrogen-bond acceptors (Lipinski definition) is 5. The Balaban J connectivity index is 2.12. The Bertz CT molecular complexity index is 569. The molecule has 25 heavy (non-hydrogen) atoms. The van der Waals surface area contributed by atoms with E-state index in [1.54, 1.807) is 0 Å². The summed E-state index contributed by atoms with van der Waals surface area (Å²) in [6, 6.07) is 9.74. The highest BCUT2D eigenvalue weighted by Crippen LogP contribution is 2.34. The van der Waals surface area contributed by atoms with Crippen LogP contribution in [0.2, 0.25) is 39.3 Å². The minimum Gasteiger partial charge on any atom is -0.519 e. The molecule has 5 nitrogen and oxygen atoms in total. The summed E-state index contributed by atoms with van der Waals surface area (Å²) in [6.45, 7) is 13.0. The molecule has 7 heteroatoms. The lowest BCUT2D eigenvalue weighted by Crippen LogP contribution is -2.53. The van der Waals surface area contributed by atoms with Crippen molar-refractivity contribution in [1.29, 1.82) is 0 Å². The van der Waals surface area contributed by atoms with Crippen molar-refractivity contribution in [2.45, 2.75) is 45.6 Å². The van der Waals surface area contributed by atoms with Crippen LogP contribution in [-0.4, -0.2) is 42.4 Å². The van der Waals surface area contributed by atoms with Gasteiger partial charge < -0.3 is 18.3 Å². The van der Waals surface area contributed by atoms with E-state index in [0.29, 0.717) is 0 Å². The van der Waals surface area contributed by atoms with Gasteiger partial charge in [0.15, 0.2) is 14.6 Å². The van der Waals surface area contributed by atoms with Crippen LogP contribution in [0.15, 0.2) is 30.3 Å². The van der Waals surface area contributed by atoms with E-state index in [4.69, 9.17) is 18.3 Å². The molecule has 1 fully saturated rings. The third-order valence-corrected chi connectivity index (χ3v) is 5.52. The van der Waals surface area contributed by atoms with Gasteiger partial charge in [-0.25, -0.2) is 0 Å². The Labute approximate surface area is 152 Å². The number of carbonyl (C=O) groups is 1. The van der Waals surface area contributed by atoms with Gasteiger partial charge >= 0.3 is 5.97 Å². The van der Waals surface area contributed by atoms with E-state index < -0.39 is 28.3 Å². The molecule has 1 heterocycles. The Kier molecular flexibility index (Phi) is 6.27. The van der Waals surface area contributed by atoms with Crippen LogP contribution in [0.1, 0.15) is 11.9 Å². The lowest BCUT2D eigenvalue weighted by Gasteiger charge is -2.40. The monoisotopic (exact) mass is 382 g/mol. The van der Waals surface area contributed by atoms with E-state index >= 15 is 0 Å². The first-order valence-corrected chi connectivity index (χ1v) is 15.5. The predicted molar refractivity (Wildman–Crippen MR) is 102 cm³/mol. The van der Waals surface area contributed by atoms with Crippen molar-refractivity contribution in [2.75, 3.05) is 19.8 Å². The fraction of sp³-hybridized carbons (Fsp3) is 0.611. The van der Waals surface area contributed by atoms with Crippen molar-refractivity contribution in [1.82, 2.24) is 0 Å². The molecule has 0 saturated carbocycles. The maximum atomic E-state index is 12.9. The summed E-state index contributed by atoms with van der Waals surface area (Å²) >= 11 is 0. The first-order valence-electron chi connectivity index (χ1n) is 8.66. The lowest BCUT2D eigenvalue weighted by atomic mass is 9.90. The van der Waals surface area contributed by atoms with Crippen LogP contribution in [0.25, 0.3) is 0 Å². The molecule has 0 bridgehead atoms. The van der Waals surface area contributed by atoms with Crippen molar-refractivity contribution in [3.63, 3.8) is 0 Å². The first kappa shape index (κ1) is 20.3. The van der Waals surface area contributed by atoms with Crippen LogP contribution in [-0.2, 0) is 23.1 Å². The molecule has 0 atom stereocenters. The van der Waals surface area contributed by atoms with Gasteiger partial charge in [0, 0.05) is 5.56 Å². The van der Waals surface area contributed by atoms with Gasteiger partial charge in [-0.05, 0) is 39.3 Å². The highest BCUT2D eigenvalue weighted by Gasteiger charge is 2.47. The van der Waals surface area contributed by atoms with Gasteiger partial charge in [0.25, 0.3) is 0 Å². The molecule has 0 aromatic heterocycles. The van der Waals surface area contributed by atoms with E-state index in [9.17, 15) is 4.79 Å². The quantitative estimate of drug-likeness (QED) is 0.697. The maximum absolute atomic E-state index is 12.9. The molecule has 140 valence electrons. The number of carbonyl (C=O) groups excluding carboxylic acids is 1. The van der Waals surface area contributed by atoms with Gasteiger partial charge in [0.05, 0.1) is 19.8 Å². The van der Waals surface area contributed by atoms with Gasteiger partial charge in [-0.2, -0.15) is 0 Å². The number of benzene rings is 1. The highest BCUT2D eigenvalue weighted by molar-refractivity contribution is 6.71. The summed E-state index contributed by atoms with van der Waals surface area (Å²) in [5, 5.41) is 0. The van der Waals surface area contributed by atoms with Crippen molar-refractivity contribution in [3.8, 4) is 0 Å². The summed E-state index contributed by atoms with van der Waals surface area (Å²) in [7, 11) is -3.79. The molecule has 1 saturated heterocycles. The van der Waals surface area contributed by atoms with Gasteiger partial charge in [-0.15, -0.1) is 0 Å². The van der Waals surface area contributed by atoms with E-state index in [0.717, 1.165) is 5.56 Å². The van der Waals surface area contributed by atoms with Crippen LogP contribution < -0.4 is 0 Å². The Morgan fingerprint density at radius 3 is 2.08 bits per heavy atom. The molecular formula is C18H30O5Si2. The Hall–Kier alpha value is -0.996. The van der Waals surface area contributed by atoms with Crippen molar-refractivity contribution >= 4 is 22.6 Å². The second-order valence-corrected chi connectivity index (χ2v) is 17.5. The largest absolute Gasteiger partial charge is 0.519 e. The zero-order valence-electron chi connectivity index (χ0n) is 16.1. The second-order valence-electron chi connectivity index (χ2n) is 8.55. The van der Waals surface area contributed by atoms with E-state index in [2.05, 4.69) is 19.6 Å². The minimum atomic E-state index is -2.01. The van der Waals surface area contributed by atoms with Gasteiger partial charge in [-0.3, -0.25) is 4.79 Å². The fourth-order valence-electron chi connectivity index (χ4n) is 2.36. The molecule has 1 aromatic rings. The van der Waals surface area contributed by atoms with Gasteiger partial charge in [-0.1, -0.05) is 30.3 Å². The summed E-state index contributed by atoms with van der Waals surface area (Å²) in [4.78, 5) is 12.9. The normalized spacial score (nSPS) is 24.8. The molecule has 0 unspecified atom stereocenters. The molecule has 0 spiro atoms. The van der Waals surface area contributed by atoms with E-state index in [1.165, 1.54) is 0 Å². The average molecular weight is 383 g/mol. The summed E-state index contributed by atoms with van der Waals surface area (Å²) in [5.41, 5.74) is 0.0482. The Morgan fingerprint density at radius 1 is 1.04 bits per heavy atom. The molecule has 1 aromatic carbocycles. The topological polar surface area (TPSA) is 54.0 Å². The average Bonchev–Trinajstić information content (AvgIpc) is 2.52. The zero-order chi connectivity index (χ0) is 18.7. The second kappa shape index (κ2) is 7.71. The molecule has 2 rings (SSSR count). The predicted octanol–water partition coefficient (Wildman–Crippen LogP) is 3.95. The van der Waals surface area contributed by atoms with Crippen molar-refractivity contribution in [3.05, 3.63) is 35.9 Å². The van der Waals surface area contributed by atoms with Gasteiger partial charge in [0.2, 0.25) is 8.32 Å². The SMILES string of the molecule is C[Si](C)(C)OCC1(C(=O)O[Si](C)(C)C)COC(c2ccccc2)OC1. The molecule has 0 N–H and O–H groups in total. The first-order chi connectivity index (χ1) is 11.5. The van der Waals surface area contributed by atoms with Crippen LogP contribution in [0, 0.1) is 5.41 Å². The fourth-order valence-corrected chi connectivity index (χ4v) is 3.85. The maximum Gasteiger partial charge on any atom is 0.305 e. The van der Waals surface area contributed by atoms with Crippen LogP contribution >= 0.6 is 0 Å². The van der Waals surface area contributed by atoms with E-state index in [-0.39, 0.29) is 25.8 Å². The molecular weight excluding hydrogens is 352 g/mol. The standard InChI is InChI=1S/C18H30O5Si2/c1-24(2,3)22-14-18(17(19)23-25(4,5)6)12-20-16(21-13-18)15-10-8-7-9-11-15/h7-11,16H,12-14H2,1-6H3. The third kappa shape index (κ3) is 6.04. The number of ether oxygens (including phenoxy) is 2. The van der Waals surface area contributed by atoms with Gasteiger partial charge in [0.1, 0.15) is 5.41 Å². The number of hydrogen-bond donors (Lipinski definition) is 0. The zero-order valence-corrected chi connectivity index (χ0v) is 18.1. The van der Waals surface area contributed by atoms with Crippen LogP contribution in [0.3, 0.4) is 0 Å². The molecule has 1 aliphatic rings. The lowest BCUT2D eigenvalue weighted by molar-refractivity contribution is -0.241. The highest BCUT2D eigenvalue weighted by atomic mass is 28.4. The summed E-state index contributed by atoms with van der Waals surface area (Å²) in [6.07, 6.45) is -0.458. The third-order valence-electron chi connectivity index (χ3n) is 3.71. The Morgan fingerprint density at radius 2 is 1.60 bits per heavy atom. The van der Waals surface area contributed by atoms with E-state index in [1.807, 2.05) is 50.0 Å². The number of rotatable bonds is 6. The minimum absolute atomic E-state index is 0.236. The summed E-state index contributed by atoms with van der Waals surface area (Å²) in [5.74, 6) is -0.267. The summed E-state index contributed by atoms with van der Waals surface area (Å²) < 4.78 is 23.6. The van der Waals surface area contributed by atoms with Crippen molar-refractivity contribution in [2.24, 2.45) is 5.41 Å². The van der Waals surface area contributed by atoms with Crippen molar-refractivity contribution < 1.29 is 23.1 Å². The molecule has 1 aliphatic heterocycles. The smallest absolute Gasteiger partial charge is 0.305 e.